The molecule has 6 heteroatoms. The van der Waals surface area contributed by atoms with Gasteiger partial charge in [0.05, 0.1) is 19.3 Å². The molecule has 5 nitrogen and oxygen atoms in total. The van der Waals surface area contributed by atoms with Crippen molar-refractivity contribution in [3.63, 3.8) is 0 Å². The van der Waals surface area contributed by atoms with Crippen molar-refractivity contribution in [2.75, 3.05) is 19.8 Å². The maximum absolute atomic E-state index is 11.4. The Labute approximate surface area is 132 Å². The lowest BCUT2D eigenvalue weighted by Crippen LogP contribution is -2.39. The Kier molecular flexibility index (Phi) is 9.58. The molecule has 0 aliphatic heterocycles. The van der Waals surface area contributed by atoms with E-state index < -0.39 is 6.04 Å². The molecule has 0 fully saturated rings. The van der Waals surface area contributed by atoms with Crippen LogP contribution in [0.15, 0.2) is 18.2 Å². The fourth-order valence-corrected chi connectivity index (χ4v) is 1.74. The molecule has 0 aliphatic rings. The number of amides is 1. The van der Waals surface area contributed by atoms with E-state index in [1.165, 1.54) is 0 Å². The van der Waals surface area contributed by atoms with Gasteiger partial charge in [0.1, 0.15) is 0 Å². The average molecular weight is 317 g/mol. The average Bonchev–Trinajstić information content (AvgIpc) is 2.41. The van der Waals surface area contributed by atoms with E-state index in [0.29, 0.717) is 19.8 Å². The highest BCUT2D eigenvalue weighted by Gasteiger charge is 2.08. The van der Waals surface area contributed by atoms with Gasteiger partial charge in [0.2, 0.25) is 5.91 Å². The van der Waals surface area contributed by atoms with Gasteiger partial charge in [0.15, 0.2) is 11.5 Å². The van der Waals surface area contributed by atoms with E-state index in [1.54, 1.807) is 6.92 Å². The molecule has 0 saturated heterocycles. The third-order valence-corrected chi connectivity index (χ3v) is 2.73. The van der Waals surface area contributed by atoms with Crippen LogP contribution in [0.4, 0.5) is 0 Å². The maximum Gasteiger partial charge on any atom is 0.236 e. The largest absolute Gasteiger partial charge is 0.490 e. The Morgan fingerprint density at radius 2 is 1.86 bits per heavy atom. The minimum Gasteiger partial charge on any atom is -0.490 e. The zero-order valence-electron chi connectivity index (χ0n) is 12.8. The van der Waals surface area contributed by atoms with Crippen LogP contribution in [-0.2, 0) is 11.2 Å². The van der Waals surface area contributed by atoms with Gasteiger partial charge in [-0.15, -0.1) is 12.4 Å². The van der Waals surface area contributed by atoms with Crippen molar-refractivity contribution in [1.29, 1.82) is 0 Å². The molecule has 1 rings (SSSR count). The van der Waals surface area contributed by atoms with E-state index in [1.807, 2.05) is 32.0 Å². The quantitative estimate of drug-likeness (QED) is 0.768. The fourth-order valence-electron chi connectivity index (χ4n) is 1.74. The minimum atomic E-state index is -0.477. The number of ether oxygens (including phenoxy) is 2. The number of benzene rings is 1. The van der Waals surface area contributed by atoms with Gasteiger partial charge in [0.25, 0.3) is 0 Å². The molecular formula is C15H25ClN2O3. The summed E-state index contributed by atoms with van der Waals surface area (Å²) in [5, 5.41) is 2.79. The smallest absolute Gasteiger partial charge is 0.236 e. The number of carbonyl (C=O) groups is 1. The van der Waals surface area contributed by atoms with Crippen molar-refractivity contribution in [2.24, 2.45) is 5.73 Å². The molecule has 21 heavy (non-hydrogen) atoms. The standard InChI is InChI=1S/C15H24N2O3.ClH/c1-4-19-13-7-6-12(10-14(13)20-5-2)8-9-17-15(18)11(3)16;/h6-7,10-11H,4-5,8-9,16H2,1-3H3,(H,17,18);1H/t11-;/m1./s1. The number of carbonyl (C=O) groups excluding carboxylic acids is 1. The summed E-state index contributed by atoms with van der Waals surface area (Å²) in [5.74, 6) is 1.35. The molecule has 0 saturated carbocycles. The Morgan fingerprint density at radius 3 is 2.43 bits per heavy atom. The maximum atomic E-state index is 11.4. The van der Waals surface area contributed by atoms with Crippen LogP contribution < -0.4 is 20.5 Å². The van der Waals surface area contributed by atoms with Gasteiger partial charge in [0, 0.05) is 6.54 Å². The van der Waals surface area contributed by atoms with Gasteiger partial charge in [-0.25, -0.2) is 0 Å². The summed E-state index contributed by atoms with van der Waals surface area (Å²) in [4.78, 5) is 11.4. The van der Waals surface area contributed by atoms with Crippen LogP contribution in [0.25, 0.3) is 0 Å². The first-order valence-electron chi connectivity index (χ1n) is 7.00. The van der Waals surface area contributed by atoms with Gasteiger partial charge in [-0.2, -0.15) is 0 Å². The number of rotatable bonds is 8. The van der Waals surface area contributed by atoms with E-state index in [4.69, 9.17) is 15.2 Å². The number of nitrogens with one attached hydrogen (secondary N) is 1. The lowest BCUT2D eigenvalue weighted by atomic mass is 10.1. The Bertz CT molecular complexity index is 439. The molecule has 0 bridgehead atoms. The zero-order valence-corrected chi connectivity index (χ0v) is 13.7. The monoisotopic (exact) mass is 316 g/mol. The molecule has 0 heterocycles. The summed E-state index contributed by atoms with van der Waals surface area (Å²) in [6.45, 7) is 7.28. The summed E-state index contributed by atoms with van der Waals surface area (Å²) < 4.78 is 11.1. The molecule has 3 N–H and O–H groups in total. The first kappa shape index (κ1) is 19.5. The highest BCUT2D eigenvalue weighted by Crippen LogP contribution is 2.28. The predicted molar refractivity (Wildman–Crippen MR) is 86.4 cm³/mol. The second kappa shape index (κ2) is 10.3. The van der Waals surface area contributed by atoms with Crippen molar-refractivity contribution < 1.29 is 14.3 Å². The van der Waals surface area contributed by atoms with Gasteiger partial charge in [-0.05, 0) is 44.9 Å². The lowest BCUT2D eigenvalue weighted by molar-refractivity contribution is -0.121. The molecule has 1 aromatic rings. The van der Waals surface area contributed by atoms with Crippen molar-refractivity contribution in [2.45, 2.75) is 33.2 Å². The van der Waals surface area contributed by atoms with Crippen LogP contribution in [0.1, 0.15) is 26.3 Å². The molecule has 0 aliphatic carbocycles. The third kappa shape index (κ3) is 6.69. The van der Waals surface area contributed by atoms with Crippen LogP contribution in [0, 0.1) is 0 Å². The first-order valence-corrected chi connectivity index (χ1v) is 7.00. The topological polar surface area (TPSA) is 73.6 Å². The first-order chi connectivity index (χ1) is 9.58. The van der Waals surface area contributed by atoms with Crippen LogP contribution in [0.3, 0.4) is 0 Å². The second-order valence-corrected chi connectivity index (χ2v) is 4.48. The molecular weight excluding hydrogens is 292 g/mol. The molecule has 1 atom stereocenters. The fraction of sp³-hybridized carbons (Fsp3) is 0.533. The summed E-state index contributed by atoms with van der Waals surface area (Å²) in [7, 11) is 0. The zero-order chi connectivity index (χ0) is 15.0. The van der Waals surface area contributed by atoms with Gasteiger partial charge in [-0.3, -0.25) is 4.79 Å². The normalized spacial score (nSPS) is 11.2. The van der Waals surface area contributed by atoms with Crippen LogP contribution >= 0.6 is 12.4 Å². The van der Waals surface area contributed by atoms with E-state index in [0.717, 1.165) is 23.5 Å². The summed E-state index contributed by atoms with van der Waals surface area (Å²) in [6, 6.07) is 5.35. The van der Waals surface area contributed by atoms with Crippen molar-refractivity contribution in [1.82, 2.24) is 5.32 Å². The van der Waals surface area contributed by atoms with E-state index in [9.17, 15) is 4.79 Å². The van der Waals surface area contributed by atoms with Crippen LogP contribution in [0.2, 0.25) is 0 Å². The molecule has 1 aromatic carbocycles. The lowest BCUT2D eigenvalue weighted by Gasteiger charge is -2.13. The van der Waals surface area contributed by atoms with Crippen molar-refractivity contribution >= 4 is 18.3 Å². The number of hydrogen-bond donors (Lipinski definition) is 2. The molecule has 0 aromatic heterocycles. The molecule has 0 spiro atoms. The SMILES string of the molecule is CCOc1ccc(CCNC(=O)[C@@H](C)N)cc1OCC.Cl. The van der Waals surface area contributed by atoms with Crippen LogP contribution in [0.5, 0.6) is 11.5 Å². The second-order valence-electron chi connectivity index (χ2n) is 4.48. The van der Waals surface area contributed by atoms with E-state index in [2.05, 4.69) is 5.32 Å². The summed E-state index contributed by atoms with van der Waals surface area (Å²) in [5.41, 5.74) is 6.57. The van der Waals surface area contributed by atoms with Crippen molar-refractivity contribution in [3.05, 3.63) is 23.8 Å². The third-order valence-electron chi connectivity index (χ3n) is 2.73. The number of halogens is 1. The minimum absolute atomic E-state index is 0. The van der Waals surface area contributed by atoms with Gasteiger partial charge in [-0.1, -0.05) is 6.07 Å². The Morgan fingerprint density at radius 1 is 1.24 bits per heavy atom. The molecule has 1 amide bonds. The molecule has 0 unspecified atom stereocenters. The van der Waals surface area contributed by atoms with Gasteiger partial charge < -0.3 is 20.5 Å². The highest BCUT2D eigenvalue weighted by atomic mass is 35.5. The molecule has 0 radical (unpaired) electrons. The predicted octanol–water partition coefficient (Wildman–Crippen LogP) is 1.91. The molecule has 120 valence electrons. The van der Waals surface area contributed by atoms with E-state index >= 15 is 0 Å². The Hall–Kier alpha value is -1.46. The summed E-state index contributed by atoms with van der Waals surface area (Å²) in [6.07, 6.45) is 0.727. The van der Waals surface area contributed by atoms with Gasteiger partial charge >= 0.3 is 0 Å². The van der Waals surface area contributed by atoms with Crippen LogP contribution in [-0.4, -0.2) is 31.7 Å². The Balaban J connectivity index is 0.00000400. The summed E-state index contributed by atoms with van der Waals surface area (Å²) >= 11 is 0. The highest BCUT2D eigenvalue weighted by molar-refractivity contribution is 5.85. The van der Waals surface area contributed by atoms with E-state index in [-0.39, 0.29) is 18.3 Å². The number of nitrogens with two attached hydrogens (primary N) is 1. The number of hydrogen-bond acceptors (Lipinski definition) is 4. The van der Waals surface area contributed by atoms with Crippen molar-refractivity contribution in [3.8, 4) is 11.5 Å².